The van der Waals surface area contributed by atoms with Crippen LogP contribution >= 0.6 is 0 Å². The molecule has 8 rings (SSSR count). The van der Waals surface area contributed by atoms with Crippen molar-refractivity contribution in [2.45, 2.75) is 25.4 Å². The van der Waals surface area contributed by atoms with Gasteiger partial charge in [-0.1, -0.05) is 61.9 Å². The fourth-order valence-electron chi connectivity index (χ4n) is 6.53. The van der Waals surface area contributed by atoms with Crippen LogP contribution in [0.2, 0.25) is 0 Å². The number of hydrogen-bond donors (Lipinski definition) is 0. The van der Waals surface area contributed by atoms with E-state index in [4.69, 9.17) is 0 Å². The summed E-state index contributed by atoms with van der Waals surface area (Å²) in [6.45, 7) is 4.30. The van der Waals surface area contributed by atoms with E-state index in [-0.39, 0.29) is 37.7 Å². The minimum Gasteiger partial charge on any atom is -0.313 e. The summed E-state index contributed by atoms with van der Waals surface area (Å²) in [7, 11) is 0. The molecule has 4 heterocycles. The van der Waals surface area contributed by atoms with Crippen molar-refractivity contribution in [1.29, 1.82) is 0 Å². The second-order valence-corrected chi connectivity index (χ2v) is 11.7. The number of benzene rings is 4. The van der Waals surface area contributed by atoms with Crippen LogP contribution in [0.3, 0.4) is 0 Å². The Labute approximate surface area is 278 Å². The smallest absolute Gasteiger partial charge is 0.313 e. The first-order valence-corrected chi connectivity index (χ1v) is 14.6. The molecule has 0 amide bonds. The topological polar surface area (TPSA) is 34.0 Å². The van der Waals surface area contributed by atoms with E-state index in [1.807, 2.05) is 89.8 Å². The zero-order valence-corrected chi connectivity index (χ0v) is 27.0. The standard InChI is InChI=1S/C38H25F3N4.Pt/c1-37(2)30-12-4-6-14-33(30)45(35-15-7-8-18-42-35)34-22-24(16-17-31(34)37)25-20-26(38(39,40)41)23-27(21-25)44-32-13-5-3-10-28(32)29-11-9-19-43-36(29)44;/h3-20,23H,1-2H3;/q-2;+2. The molecule has 0 unspecified atom stereocenters. The summed E-state index contributed by atoms with van der Waals surface area (Å²) in [5, 5.41) is 1.76. The molecule has 3 aromatic heterocycles. The molecule has 0 saturated heterocycles. The Bertz CT molecular complexity index is 2200. The predicted octanol–water partition coefficient (Wildman–Crippen LogP) is 9.97. The van der Waals surface area contributed by atoms with Gasteiger partial charge in [-0.15, -0.1) is 12.1 Å². The van der Waals surface area contributed by atoms with E-state index in [0.717, 1.165) is 50.9 Å². The van der Waals surface area contributed by atoms with Gasteiger partial charge in [0.25, 0.3) is 0 Å². The summed E-state index contributed by atoms with van der Waals surface area (Å²) in [4.78, 5) is 11.2. The quantitative estimate of drug-likeness (QED) is 0.167. The van der Waals surface area contributed by atoms with Gasteiger partial charge in [-0.25, -0.2) is 21.1 Å². The Morgan fingerprint density at radius 2 is 1.43 bits per heavy atom. The summed E-state index contributed by atoms with van der Waals surface area (Å²) >= 11 is 0. The number of hydrogen-bond acceptors (Lipinski definition) is 3. The molecule has 8 heteroatoms. The molecule has 228 valence electrons. The molecule has 0 saturated carbocycles. The fourth-order valence-corrected chi connectivity index (χ4v) is 6.53. The minimum absolute atomic E-state index is 0. The second-order valence-electron chi connectivity index (χ2n) is 11.7. The van der Waals surface area contributed by atoms with Crippen LogP contribution in [0, 0.1) is 12.1 Å². The van der Waals surface area contributed by atoms with Gasteiger partial charge in [0.2, 0.25) is 0 Å². The van der Waals surface area contributed by atoms with Gasteiger partial charge in [0.05, 0.1) is 5.52 Å². The van der Waals surface area contributed by atoms with E-state index in [2.05, 4.69) is 42.0 Å². The molecule has 0 spiro atoms. The Kier molecular flexibility index (Phi) is 7.13. The number of anilines is 3. The SMILES string of the molecule is CC1(C)c2ccc(-c3[c-]c(-n4c5ccccc5c5cccnc54)cc(C(F)(F)F)c3)[c-]c2N(c2ccccn2)c2ccccc21.[Pt+2]. The third kappa shape index (κ3) is 4.64. The van der Waals surface area contributed by atoms with Crippen LogP contribution in [0.25, 0.3) is 38.8 Å². The van der Waals surface area contributed by atoms with Crippen LogP contribution in [0.4, 0.5) is 30.4 Å². The van der Waals surface area contributed by atoms with Crippen molar-refractivity contribution in [3.05, 3.63) is 144 Å². The van der Waals surface area contributed by atoms with E-state index in [1.165, 1.54) is 0 Å². The van der Waals surface area contributed by atoms with Gasteiger partial charge in [-0.05, 0) is 64.3 Å². The number of halogens is 3. The summed E-state index contributed by atoms with van der Waals surface area (Å²) in [6, 6.07) is 38.2. The third-order valence-electron chi connectivity index (χ3n) is 8.67. The van der Waals surface area contributed by atoms with E-state index in [1.54, 1.807) is 17.0 Å². The molecule has 4 nitrogen and oxygen atoms in total. The fraction of sp³-hybridized carbons (Fsp3) is 0.105. The number of fused-ring (bicyclic) bond motifs is 5. The Morgan fingerprint density at radius 3 is 2.24 bits per heavy atom. The number of alkyl halides is 3. The molecule has 4 aromatic carbocycles. The van der Waals surface area contributed by atoms with E-state index < -0.39 is 11.7 Å². The molecule has 0 aliphatic carbocycles. The zero-order valence-electron chi connectivity index (χ0n) is 24.7. The van der Waals surface area contributed by atoms with Crippen molar-refractivity contribution in [3.63, 3.8) is 0 Å². The number of pyridine rings is 2. The molecule has 7 aromatic rings. The van der Waals surface area contributed by atoms with Crippen molar-refractivity contribution in [2.24, 2.45) is 0 Å². The predicted molar refractivity (Wildman–Crippen MR) is 171 cm³/mol. The molecule has 0 atom stereocenters. The van der Waals surface area contributed by atoms with E-state index in [0.29, 0.717) is 17.0 Å². The number of para-hydroxylation sites is 2. The largest absolute Gasteiger partial charge is 2.00 e. The first-order chi connectivity index (χ1) is 21.7. The van der Waals surface area contributed by atoms with Crippen LogP contribution in [0.1, 0.15) is 30.5 Å². The van der Waals surface area contributed by atoms with E-state index >= 15 is 0 Å². The Morgan fingerprint density at radius 1 is 0.696 bits per heavy atom. The molecular weight excluding hydrogens is 765 g/mol. The van der Waals surface area contributed by atoms with Crippen molar-refractivity contribution >= 4 is 39.1 Å². The van der Waals surface area contributed by atoms with Crippen molar-refractivity contribution in [3.8, 4) is 16.8 Å². The van der Waals surface area contributed by atoms with Gasteiger partial charge in [-0.3, -0.25) is 0 Å². The van der Waals surface area contributed by atoms with Crippen LogP contribution < -0.4 is 4.90 Å². The van der Waals surface area contributed by atoms with Crippen molar-refractivity contribution in [1.82, 2.24) is 14.5 Å². The molecule has 0 radical (unpaired) electrons. The van der Waals surface area contributed by atoms with Gasteiger partial charge in [0, 0.05) is 28.9 Å². The first-order valence-electron chi connectivity index (χ1n) is 14.6. The maximum absolute atomic E-state index is 14.5. The van der Waals surface area contributed by atoms with E-state index in [9.17, 15) is 13.2 Å². The molecule has 1 aliphatic rings. The zero-order chi connectivity index (χ0) is 30.9. The Balaban J connectivity index is 0.00000338. The van der Waals surface area contributed by atoms with Gasteiger partial charge in [-0.2, -0.15) is 37.4 Å². The second kappa shape index (κ2) is 11.0. The summed E-state index contributed by atoms with van der Waals surface area (Å²) < 4.78 is 45.2. The van der Waals surface area contributed by atoms with Gasteiger partial charge in [0.15, 0.2) is 0 Å². The molecule has 1 aliphatic heterocycles. The van der Waals surface area contributed by atoms with Crippen molar-refractivity contribution in [2.75, 3.05) is 4.90 Å². The van der Waals surface area contributed by atoms with Gasteiger partial charge in [0.1, 0.15) is 11.5 Å². The minimum atomic E-state index is -4.58. The molecule has 46 heavy (non-hydrogen) atoms. The molecular formula is C38H25F3N4Pt. The maximum Gasteiger partial charge on any atom is 2.00 e. The average molecular weight is 790 g/mol. The molecule has 0 N–H and O–H groups in total. The summed E-state index contributed by atoms with van der Waals surface area (Å²) in [6.07, 6.45) is -1.21. The normalized spacial score (nSPS) is 13.7. The first kappa shape index (κ1) is 29.9. The Hall–Kier alpha value is -4.74. The summed E-state index contributed by atoms with van der Waals surface area (Å²) in [5.41, 5.74) is 4.99. The monoisotopic (exact) mass is 789 g/mol. The van der Waals surface area contributed by atoms with Crippen LogP contribution in [0.15, 0.2) is 116 Å². The van der Waals surface area contributed by atoms with Gasteiger partial charge < -0.3 is 9.47 Å². The van der Waals surface area contributed by atoms with Crippen LogP contribution in [-0.4, -0.2) is 14.5 Å². The van der Waals surface area contributed by atoms with Gasteiger partial charge >= 0.3 is 27.2 Å². The van der Waals surface area contributed by atoms with Crippen LogP contribution in [0.5, 0.6) is 0 Å². The number of aromatic nitrogens is 3. The average Bonchev–Trinajstić information content (AvgIpc) is 3.39. The maximum atomic E-state index is 14.5. The third-order valence-corrected chi connectivity index (χ3v) is 8.67. The molecule has 0 fully saturated rings. The molecule has 0 bridgehead atoms. The number of rotatable bonds is 3. The summed E-state index contributed by atoms with van der Waals surface area (Å²) in [5.74, 6) is 0.695. The number of nitrogens with zero attached hydrogens (tertiary/aromatic N) is 4. The van der Waals surface area contributed by atoms with Crippen LogP contribution in [-0.2, 0) is 32.7 Å². The van der Waals surface area contributed by atoms with Crippen molar-refractivity contribution < 1.29 is 34.2 Å².